The van der Waals surface area contributed by atoms with Gasteiger partial charge in [0.05, 0.1) is 12.7 Å². The van der Waals surface area contributed by atoms with E-state index in [0.29, 0.717) is 5.92 Å². The SMILES string of the molecule is CC(O)C1CCN(c2ncc(Br)cc2CO)C1. The highest BCUT2D eigenvalue weighted by Crippen LogP contribution is 2.28. The third-order valence-corrected chi connectivity index (χ3v) is 3.72. The van der Waals surface area contributed by atoms with Crippen molar-refractivity contribution in [1.29, 1.82) is 0 Å². The molecule has 1 aromatic rings. The summed E-state index contributed by atoms with van der Waals surface area (Å²) >= 11 is 3.35. The van der Waals surface area contributed by atoms with E-state index in [2.05, 4.69) is 25.8 Å². The van der Waals surface area contributed by atoms with Crippen LogP contribution in [0.2, 0.25) is 0 Å². The van der Waals surface area contributed by atoms with Crippen LogP contribution in [0.4, 0.5) is 5.82 Å². The van der Waals surface area contributed by atoms with Crippen molar-refractivity contribution in [2.24, 2.45) is 5.92 Å². The molecule has 4 nitrogen and oxygen atoms in total. The van der Waals surface area contributed by atoms with E-state index >= 15 is 0 Å². The summed E-state index contributed by atoms with van der Waals surface area (Å²) in [6.45, 7) is 3.50. The lowest BCUT2D eigenvalue weighted by Gasteiger charge is -2.21. The number of halogens is 1. The smallest absolute Gasteiger partial charge is 0.134 e. The molecule has 0 amide bonds. The Balaban J connectivity index is 2.18. The Labute approximate surface area is 109 Å². The van der Waals surface area contributed by atoms with E-state index in [4.69, 9.17) is 0 Å². The summed E-state index contributed by atoms with van der Waals surface area (Å²) in [6, 6.07) is 1.89. The Kier molecular flexibility index (Phi) is 4.01. The summed E-state index contributed by atoms with van der Waals surface area (Å²) < 4.78 is 0.872. The van der Waals surface area contributed by atoms with E-state index in [1.165, 1.54) is 0 Å². The molecule has 0 radical (unpaired) electrons. The molecule has 94 valence electrons. The molecule has 1 aliphatic heterocycles. The third kappa shape index (κ3) is 2.78. The molecule has 1 fully saturated rings. The number of pyridine rings is 1. The third-order valence-electron chi connectivity index (χ3n) is 3.29. The average molecular weight is 301 g/mol. The first-order chi connectivity index (χ1) is 8.11. The number of hydrogen-bond donors (Lipinski definition) is 2. The van der Waals surface area contributed by atoms with E-state index in [1.807, 2.05) is 13.0 Å². The van der Waals surface area contributed by atoms with Crippen molar-refractivity contribution in [3.63, 3.8) is 0 Å². The largest absolute Gasteiger partial charge is 0.393 e. The number of rotatable bonds is 3. The normalized spacial score (nSPS) is 21.9. The molecular weight excluding hydrogens is 284 g/mol. The lowest BCUT2D eigenvalue weighted by molar-refractivity contribution is 0.136. The molecule has 2 N–H and O–H groups in total. The molecular formula is C12H17BrN2O2. The fourth-order valence-electron chi connectivity index (χ4n) is 2.25. The van der Waals surface area contributed by atoms with Gasteiger partial charge in [-0.25, -0.2) is 4.98 Å². The second-order valence-electron chi connectivity index (χ2n) is 4.53. The van der Waals surface area contributed by atoms with Crippen LogP contribution in [0.5, 0.6) is 0 Å². The van der Waals surface area contributed by atoms with E-state index < -0.39 is 0 Å². The predicted molar refractivity (Wildman–Crippen MR) is 69.9 cm³/mol. The molecule has 0 spiro atoms. The van der Waals surface area contributed by atoms with Gasteiger partial charge in [-0.15, -0.1) is 0 Å². The summed E-state index contributed by atoms with van der Waals surface area (Å²) in [7, 11) is 0. The van der Waals surface area contributed by atoms with Gasteiger partial charge in [-0.05, 0) is 35.3 Å². The number of nitrogens with zero attached hydrogens (tertiary/aromatic N) is 2. The van der Waals surface area contributed by atoms with Gasteiger partial charge in [0, 0.05) is 35.2 Å². The summed E-state index contributed by atoms with van der Waals surface area (Å²) in [5.41, 5.74) is 0.825. The number of anilines is 1. The lowest BCUT2D eigenvalue weighted by atomic mass is 10.0. The second kappa shape index (κ2) is 5.33. The predicted octanol–water partition coefficient (Wildman–Crippen LogP) is 1.54. The number of aromatic nitrogens is 1. The van der Waals surface area contributed by atoms with Crippen LogP contribution in [0.1, 0.15) is 18.9 Å². The van der Waals surface area contributed by atoms with E-state index in [9.17, 15) is 10.2 Å². The molecule has 0 bridgehead atoms. The van der Waals surface area contributed by atoms with Gasteiger partial charge >= 0.3 is 0 Å². The van der Waals surface area contributed by atoms with Gasteiger partial charge in [-0.2, -0.15) is 0 Å². The quantitative estimate of drug-likeness (QED) is 0.889. The Morgan fingerprint density at radius 3 is 3.00 bits per heavy atom. The monoisotopic (exact) mass is 300 g/mol. The first-order valence-electron chi connectivity index (χ1n) is 5.80. The van der Waals surface area contributed by atoms with Crippen molar-refractivity contribution in [1.82, 2.24) is 4.98 Å². The zero-order valence-corrected chi connectivity index (χ0v) is 11.4. The Morgan fingerprint density at radius 2 is 2.41 bits per heavy atom. The van der Waals surface area contributed by atoms with Gasteiger partial charge in [0.15, 0.2) is 0 Å². The van der Waals surface area contributed by atoms with Gasteiger partial charge in [-0.3, -0.25) is 0 Å². The van der Waals surface area contributed by atoms with Gasteiger partial charge in [0.1, 0.15) is 5.82 Å². The molecule has 17 heavy (non-hydrogen) atoms. The molecule has 1 saturated heterocycles. The topological polar surface area (TPSA) is 56.6 Å². The maximum absolute atomic E-state index is 9.58. The van der Waals surface area contributed by atoms with Gasteiger partial charge in [0.2, 0.25) is 0 Å². The molecule has 2 unspecified atom stereocenters. The van der Waals surface area contributed by atoms with Crippen LogP contribution in [-0.4, -0.2) is 34.4 Å². The minimum Gasteiger partial charge on any atom is -0.393 e. The number of aliphatic hydroxyl groups is 2. The Bertz CT molecular complexity index is 398. The van der Waals surface area contributed by atoms with Crippen molar-refractivity contribution in [3.05, 3.63) is 22.3 Å². The Hall–Kier alpha value is -0.650. The lowest BCUT2D eigenvalue weighted by Crippen LogP contribution is -2.25. The maximum atomic E-state index is 9.58. The number of aliphatic hydroxyl groups excluding tert-OH is 2. The van der Waals surface area contributed by atoms with Crippen molar-refractivity contribution >= 4 is 21.7 Å². The highest BCUT2D eigenvalue weighted by Gasteiger charge is 2.27. The van der Waals surface area contributed by atoms with Crippen molar-refractivity contribution in [2.45, 2.75) is 26.1 Å². The van der Waals surface area contributed by atoms with Gasteiger partial charge in [0.25, 0.3) is 0 Å². The van der Waals surface area contributed by atoms with Crippen molar-refractivity contribution in [3.8, 4) is 0 Å². The number of hydrogen-bond acceptors (Lipinski definition) is 4. The summed E-state index contributed by atoms with van der Waals surface area (Å²) in [6.07, 6.45) is 2.43. The Morgan fingerprint density at radius 1 is 1.65 bits per heavy atom. The summed E-state index contributed by atoms with van der Waals surface area (Å²) in [5, 5.41) is 18.9. The molecule has 0 aliphatic carbocycles. The van der Waals surface area contributed by atoms with Crippen LogP contribution in [-0.2, 0) is 6.61 Å². The highest BCUT2D eigenvalue weighted by molar-refractivity contribution is 9.10. The van der Waals surface area contributed by atoms with Crippen LogP contribution in [0.3, 0.4) is 0 Å². The first-order valence-corrected chi connectivity index (χ1v) is 6.59. The van der Waals surface area contributed by atoms with Crippen molar-refractivity contribution in [2.75, 3.05) is 18.0 Å². The van der Waals surface area contributed by atoms with E-state index in [1.54, 1.807) is 6.20 Å². The molecule has 2 heterocycles. The minimum atomic E-state index is -0.284. The van der Waals surface area contributed by atoms with Crippen LogP contribution in [0.25, 0.3) is 0 Å². The van der Waals surface area contributed by atoms with E-state index in [0.717, 1.165) is 35.4 Å². The van der Waals surface area contributed by atoms with Crippen LogP contribution < -0.4 is 4.90 Å². The molecule has 2 atom stereocenters. The summed E-state index contributed by atoms with van der Waals surface area (Å²) in [5.74, 6) is 1.13. The van der Waals surface area contributed by atoms with Gasteiger partial charge in [-0.1, -0.05) is 0 Å². The van der Waals surface area contributed by atoms with Crippen LogP contribution in [0, 0.1) is 5.92 Å². The standard InChI is InChI=1S/C12H17BrN2O2/c1-8(17)9-2-3-15(6-9)12-10(7-16)4-11(13)5-14-12/h4-5,8-9,16-17H,2-3,6-7H2,1H3. The summed E-state index contributed by atoms with van der Waals surface area (Å²) in [4.78, 5) is 6.50. The highest BCUT2D eigenvalue weighted by atomic mass is 79.9. The zero-order valence-electron chi connectivity index (χ0n) is 9.80. The van der Waals surface area contributed by atoms with E-state index in [-0.39, 0.29) is 12.7 Å². The molecule has 0 saturated carbocycles. The molecule has 5 heteroatoms. The fourth-order valence-corrected chi connectivity index (χ4v) is 2.63. The van der Waals surface area contributed by atoms with Crippen molar-refractivity contribution < 1.29 is 10.2 Å². The molecule has 2 rings (SSSR count). The van der Waals surface area contributed by atoms with Crippen LogP contribution >= 0.6 is 15.9 Å². The second-order valence-corrected chi connectivity index (χ2v) is 5.45. The van der Waals surface area contributed by atoms with Gasteiger partial charge < -0.3 is 15.1 Å². The molecule has 1 aliphatic rings. The van der Waals surface area contributed by atoms with Crippen LogP contribution in [0.15, 0.2) is 16.7 Å². The first kappa shape index (κ1) is 12.8. The maximum Gasteiger partial charge on any atom is 0.134 e. The average Bonchev–Trinajstić information content (AvgIpc) is 2.78. The molecule has 0 aromatic carbocycles. The minimum absolute atomic E-state index is 0.0163. The molecule has 1 aromatic heterocycles. The zero-order chi connectivity index (χ0) is 12.4. The fraction of sp³-hybridized carbons (Fsp3) is 0.583.